The fourth-order valence-corrected chi connectivity index (χ4v) is 4.30. The number of aliphatic hydroxyl groups excluding tert-OH is 2. The molecule has 1 aromatic rings. The lowest BCUT2D eigenvalue weighted by atomic mass is 9.71. The molecule has 2 unspecified atom stereocenters. The molecule has 0 bridgehead atoms. The number of rotatable bonds is 5. The Kier molecular flexibility index (Phi) is 5.13. The normalized spacial score (nSPS) is 22.2. The lowest BCUT2D eigenvalue weighted by Crippen LogP contribution is -2.38. The molecular weight excluding hydrogens is 340 g/mol. The maximum atomic E-state index is 12.9. The lowest BCUT2D eigenvalue weighted by molar-refractivity contribution is -0.519. The number of nitrogens with one attached hydrogen (secondary N) is 1. The van der Waals surface area contributed by atoms with Crippen LogP contribution in [0.1, 0.15) is 43.3 Å². The van der Waals surface area contributed by atoms with Gasteiger partial charge in [-0.05, 0) is 45.2 Å². The highest BCUT2D eigenvalue weighted by Gasteiger charge is 2.47. The van der Waals surface area contributed by atoms with Crippen LogP contribution in [0.3, 0.4) is 0 Å². The van der Waals surface area contributed by atoms with Crippen LogP contribution in [-0.2, 0) is 11.2 Å². The summed E-state index contributed by atoms with van der Waals surface area (Å²) >= 11 is 0. The lowest BCUT2D eigenvalue weighted by Gasteiger charge is -2.33. The summed E-state index contributed by atoms with van der Waals surface area (Å²) in [6.07, 6.45) is 6.33. The van der Waals surface area contributed by atoms with Crippen molar-refractivity contribution in [2.45, 2.75) is 41.0 Å². The van der Waals surface area contributed by atoms with Gasteiger partial charge in [-0.25, -0.2) is 4.58 Å². The van der Waals surface area contributed by atoms with Gasteiger partial charge in [-0.1, -0.05) is 13.0 Å². The highest BCUT2D eigenvalue weighted by atomic mass is 16.3. The Morgan fingerprint density at radius 2 is 1.81 bits per heavy atom. The van der Waals surface area contributed by atoms with E-state index < -0.39 is 11.8 Å². The predicted octanol–water partition coefficient (Wildman–Crippen LogP) is 3.78. The van der Waals surface area contributed by atoms with Crippen molar-refractivity contribution in [3.63, 3.8) is 0 Å². The van der Waals surface area contributed by atoms with Crippen LogP contribution in [0.4, 0.5) is 0 Å². The molecule has 0 saturated carbocycles. The van der Waals surface area contributed by atoms with Gasteiger partial charge in [-0.2, -0.15) is 0 Å². The molecule has 3 N–H and O–H groups in total. The van der Waals surface area contributed by atoms with Crippen LogP contribution in [-0.4, -0.2) is 44.4 Å². The van der Waals surface area contributed by atoms with E-state index in [1.807, 2.05) is 26.0 Å². The number of aromatic amines is 1. The monoisotopic (exact) mass is 369 g/mol. The van der Waals surface area contributed by atoms with Crippen LogP contribution in [0, 0.1) is 25.7 Å². The number of allylic oxidation sites excluding steroid dienone is 5. The van der Waals surface area contributed by atoms with E-state index in [1.54, 1.807) is 6.08 Å². The summed E-state index contributed by atoms with van der Waals surface area (Å²) < 4.78 is 2.13. The van der Waals surface area contributed by atoms with Gasteiger partial charge in [0.05, 0.1) is 23.1 Å². The zero-order valence-corrected chi connectivity index (χ0v) is 16.8. The van der Waals surface area contributed by atoms with Gasteiger partial charge in [-0.15, -0.1) is 0 Å². The third kappa shape index (κ3) is 2.95. The SMILES string of the molecule is CCc1c(C)[nH]c(C2=C(O)C(C3C=CC(=[N+](CC)CC)C=C3O)C2=O)c1C. The van der Waals surface area contributed by atoms with Crippen molar-refractivity contribution < 1.29 is 19.6 Å². The molecule has 2 atom stereocenters. The molecule has 0 radical (unpaired) electrons. The average Bonchev–Trinajstić information content (AvgIpc) is 2.91. The van der Waals surface area contributed by atoms with E-state index >= 15 is 0 Å². The fourth-order valence-electron chi connectivity index (χ4n) is 4.30. The molecule has 27 heavy (non-hydrogen) atoms. The highest BCUT2D eigenvalue weighted by Crippen LogP contribution is 2.44. The third-order valence-corrected chi connectivity index (χ3v) is 5.88. The molecule has 144 valence electrons. The molecule has 0 saturated heterocycles. The average molecular weight is 369 g/mol. The van der Waals surface area contributed by atoms with Crippen molar-refractivity contribution >= 4 is 17.1 Å². The fraction of sp³-hybridized carbons (Fsp3) is 0.455. The minimum Gasteiger partial charge on any atom is -0.511 e. The Bertz CT molecular complexity index is 906. The summed E-state index contributed by atoms with van der Waals surface area (Å²) in [5.41, 5.74) is 5.22. The van der Waals surface area contributed by atoms with Crippen molar-refractivity contribution in [3.8, 4) is 0 Å². The summed E-state index contributed by atoms with van der Waals surface area (Å²) in [5.74, 6) is -1.16. The molecule has 2 aliphatic rings. The second-order valence-electron chi connectivity index (χ2n) is 7.24. The Balaban J connectivity index is 1.94. The number of ketones is 1. The maximum absolute atomic E-state index is 12.9. The molecule has 0 amide bonds. The Morgan fingerprint density at radius 3 is 2.30 bits per heavy atom. The van der Waals surface area contributed by atoms with Crippen LogP contribution in [0.15, 0.2) is 29.7 Å². The third-order valence-electron chi connectivity index (χ3n) is 5.88. The minimum absolute atomic E-state index is 0.0629. The first-order valence-corrected chi connectivity index (χ1v) is 9.71. The van der Waals surface area contributed by atoms with Gasteiger partial charge < -0.3 is 15.2 Å². The van der Waals surface area contributed by atoms with Crippen LogP contribution in [0.2, 0.25) is 0 Å². The first-order chi connectivity index (χ1) is 12.8. The van der Waals surface area contributed by atoms with Crippen molar-refractivity contribution in [3.05, 3.63) is 52.3 Å². The van der Waals surface area contributed by atoms with Gasteiger partial charge in [0, 0.05) is 17.8 Å². The second kappa shape index (κ2) is 7.22. The largest absolute Gasteiger partial charge is 0.511 e. The summed E-state index contributed by atoms with van der Waals surface area (Å²) in [7, 11) is 0. The van der Waals surface area contributed by atoms with E-state index in [0.29, 0.717) is 11.3 Å². The van der Waals surface area contributed by atoms with Gasteiger partial charge in [-0.3, -0.25) is 4.79 Å². The minimum atomic E-state index is -0.709. The molecular formula is C22H29N2O3+. The molecule has 0 fully saturated rings. The summed E-state index contributed by atoms with van der Waals surface area (Å²) in [6, 6.07) is 0. The predicted molar refractivity (Wildman–Crippen MR) is 107 cm³/mol. The standard InChI is InChI=1S/C22H28N2O3/c1-6-15-12(4)20(23-13(15)5)19-21(26)18(22(19)27)16-10-9-14(11-17(16)25)24(7-2)8-3/h9-11,16,18,23H,6-8H2,1-5H3,(H,26,27)/p+1. The van der Waals surface area contributed by atoms with Crippen molar-refractivity contribution in [2.75, 3.05) is 13.1 Å². The van der Waals surface area contributed by atoms with E-state index in [-0.39, 0.29) is 17.3 Å². The van der Waals surface area contributed by atoms with E-state index in [1.165, 1.54) is 5.56 Å². The van der Waals surface area contributed by atoms with E-state index in [0.717, 1.165) is 36.5 Å². The smallest absolute Gasteiger partial charge is 0.202 e. The molecule has 3 rings (SSSR count). The van der Waals surface area contributed by atoms with Crippen molar-refractivity contribution in [1.29, 1.82) is 0 Å². The van der Waals surface area contributed by atoms with Gasteiger partial charge in [0.25, 0.3) is 0 Å². The molecule has 2 aliphatic carbocycles. The quantitative estimate of drug-likeness (QED) is 0.691. The number of nitrogens with zero attached hydrogens (tertiary/aromatic N) is 1. The number of carbonyl (C=O) groups excluding carboxylic acids is 1. The first-order valence-electron chi connectivity index (χ1n) is 9.71. The number of aliphatic hydroxyl groups is 2. The number of aryl methyl sites for hydroxylation is 1. The number of carbonyl (C=O) groups is 1. The zero-order valence-electron chi connectivity index (χ0n) is 16.8. The number of hydrogen-bond donors (Lipinski definition) is 3. The second-order valence-corrected chi connectivity index (χ2v) is 7.24. The maximum Gasteiger partial charge on any atom is 0.202 e. The number of H-pyrrole nitrogens is 1. The van der Waals surface area contributed by atoms with Crippen LogP contribution >= 0.6 is 0 Å². The molecule has 0 spiro atoms. The Hall–Kier alpha value is -2.56. The first kappa shape index (κ1) is 19.2. The molecule has 1 heterocycles. The summed E-state index contributed by atoms with van der Waals surface area (Å²) in [4.78, 5) is 16.1. The topological polar surface area (TPSA) is 76.3 Å². The van der Waals surface area contributed by atoms with E-state index in [4.69, 9.17) is 0 Å². The number of Topliss-reactive ketones (excluding diaryl/α,β-unsaturated/α-hetero) is 1. The van der Waals surface area contributed by atoms with Gasteiger partial charge in [0.1, 0.15) is 24.6 Å². The van der Waals surface area contributed by atoms with Gasteiger partial charge in [0.2, 0.25) is 5.71 Å². The van der Waals surface area contributed by atoms with E-state index in [9.17, 15) is 15.0 Å². The van der Waals surface area contributed by atoms with Crippen LogP contribution < -0.4 is 0 Å². The Labute approximate surface area is 160 Å². The van der Waals surface area contributed by atoms with Crippen LogP contribution in [0.5, 0.6) is 0 Å². The summed E-state index contributed by atoms with van der Waals surface area (Å²) in [6.45, 7) is 11.8. The molecule has 1 aromatic heterocycles. The van der Waals surface area contributed by atoms with Crippen molar-refractivity contribution in [1.82, 2.24) is 4.98 Å². The van der Waals surface area contributed by atoms with E-state index in [2.05, 4.69) is 30.3 Å². The number of aromatic nitrogens is 1. The zero-order chi connectivity index (χ0) is 19.9. The summed E-state index contributed by atoms with van der Waals surface area (Å²) in [5, 5.41) is 21.2. The molecule has 0 aliphatic heterocycles. The highest BCUT2D eigenvalue weighted by molar-refractivity contribution is 6.30. The van der Waals surface area contributed by atoms with Gasteiger partial charge >= 0.3 is 0 Å². The van der Waals surface area contributed by atoms with Crippen LogP contribution in [0.25, 0.3) is 5.57 Å². The number of hydrogen-bond acceptors (Lipinski definition) is 3. The molecule has 5 nitrogen and oxygen atoms in total. The van der Waals surface area contributed by atoms with Crippen molar-refractivity contribution in [2.24, 2.45) is 11.8 Å². The Morgan fingerprint density at radius 1 is 1.15 bits per heavy atom. The molecule has 0 aromatic carbocycles. The molecule has 5 heteroatoms. The van der Waals surface area contributed by atoms with Gasteiger partial charge in [0.15, 0.2) is 5.78 Å².